The van der Waals surface area contributed by atoms with Crippen LogP contribution in [0.1, 0.15) is 12.5 Å². The Morgan fingerprint density at radius 2 is 1.86 bits per heavy atom. The molecule has 4 N–H and O–H groups in total. The van der Waals surface area contributed by atoms with E-state index < -0.39 is 0 Å². The van der Waals surface area contributed by atoms with Gasteiger partial charge in [0.2, 0.25) is 11.9 Å². The number of aromatic nitrogens is 3. The van der Waals surface area contributed by atoms with Crippen LogP contribution >= 0.6 is 0 Å². The molecule has 0 saturated heterocycles. The summed E-state index contributed by atoms with van der Waals surface area (Å²) in [5, 5.41) is 3.05. The summed E-state index contributed by atoms with van der Waals surface area (Å²) in [6.07, 6.45) is 0.710. The van der Waals surface area contributed by atoms with Crippen molar-refractivity contribution in [3.05, 3.63) is 35.6 Å². The summed E-state index contributed by atoms with van der Waals surface area (Å²) in [4.78, 5) is 12.1. The van der Waals surface area contributed by atoms with Crippen LogP contribution in [0.3, 0.4) is 0 Å². The van der Waals surface area contributed by atoms with Crippen LogP contribution in [0.25, 0.3) is 0 Å². The zero-order chi connectivity index (χ0) is 15.1. The molecular weight excluding hydrogens is 275 g/mol. The van der Waals surface area contributed by atoms with Crippen molar-refractivity contribution in [1.82, 2.24) is 15.0 Å². The monoisotopic (exact) mass is 292 g/mol. The summed E-state index contributed by atoms with van der Waals surface area (Å²) in [6.45, 7) is 2.87. The van der Waals surface area contributed by atoms with Crippen molar-refractivity contribution in [3.8, 4) is 6.01 Å². The lowest BCUT2D eigenvalue weighted by atomic mass is 10.1. The predicted molar refractivity (Wildman–Crippen MR) is 77.4 cm³/mol. The molecule has 8 heteroatoms. The second-order valence-corrected chi connectivity index (χ2v) is 4.15. The second-order valence-electron chi connectivity index (χ2n) is 4.15. The lowest BCUT2D eigenvalue weighted by molar-refractivity contribution is 0.312. The number of benzene rings is 1. The lowest BCUT2D eigenvalue weighted by Gasteiger charge is -2.08. The molecule has 0 fully saturated rings. The summed E-state index contributed by atoms with van der Waals surface area (Å²) in [5.41, 5.74) is 3.37. The van der Waals surface area contributed by atoms with E-state index in [-0.39, 0.29) is 17.8 Å². The van der Waals surface area contributed by atoms with Crippen molar-refractivity contribution >= 4 is 11.9 Å². The van der Waals surface area contributed by atoms with E-state index in [1.54, 1.807) is 12.1 Å². The van der Waals surface area contributed by atoms with Gasteiger partial charge in [0.15, 0.2) is 0 Å². The molecule has 1 aromatic heterocycles. The molecular formula is C13H17FN6O. The van der Waals surface area contributed by atoms with Crippen LogP contribution in [0.2, 0.25) is 0 Å². The smallest absolute Gasteiger partial charge is 0.323 e. The van der Waals surface area contributed by atoms with Crippen molar-refractivity contribution in [2.24, 2.45) is 5.84 Å². The second kappa shape index (κ2) is 7.34. The number of ether oxygens (including phenoxy) is 1. The topological polar surface area (TPSA) is 98.0 Å². The highest BCUT2D eigenvalue weighted by Crippen LogP contribution is 2.10. The Morgan fingerprint density at radius 3 is 2.52 bits per heavy atom. The molecule has 0 spiro atoms. The zero-order valence-corrected chi connectivity index (χ0v) is 11.6. The fourth-order valence-corrected chi connectivity index (χ4v) is 1.66. The van der Waals surface area contributed by atoms with Gasteiger partial charge < -0.3 is 10.1 Å². The normalized spacial score (nSPS) is 10.2. The number of nitrogen functional groups attached to an aromatic ring is 1. The minimum absolute atomic E-state index is 0.199. The predicted octanol–water partition coefficient (Wildman–Crippen LogP) is 1.35. The van der Waals surface area contributed by atoms with Crippen molar-refractivity contribution in [1.29, 1.82) is 0 Å². The number of anilines is 2. The van der Waals surface area contributed by atoms with Crippen LogP contribution in [0, 0.1) is 5.82 Å². The van der Waals surface area contributed by atoms with Crippen molar-refractivity contribution < 1.29 is 9.13 Å². The first-order valence-electron chi connectivity index (χ1n) is 6.55. The van der Waals surface area contributed by atoms with Gasteiger partial charge in [-0.25, -0.2) is 10.2 Å². The Morgan fingerprint density at radius 1 is 1.14 bits per heavy atom. The zero-order valence-electron chi connectivity index (χ0n) is 11.6. The number of hydrogen-bond acceptors (Lipinski definition) is 7. The third kappa shape index (κ3) is 4.53. The first-order chi connectivity index (χ1) is 10.2. The molecule has 1 aromatic carbocycles. The van der Waals surface area contributed by atoms with E-state index in [0.29, 0.717) is 25.5 Å². The number of halogens is 1. The van der Waals surface area contributed by atoms with E-state index >= 15 is 0 Å². The summed E-state index contributed by atoms with van der Waals surface area (Å²) in [7, 11) is 0. The molecule has 0 radical (unpaired) electrons. The molecule has 112 valence electrons. The number of hydrazine groups is 1. The number of hydrogen-bond donors (Lipinski definition) is 3. The number of nitrogens with two attached hydrogens (primary N) is 1. The average Bonchev–Trinajstić information content (AvgIpc) is 2.49. The van der Waals surface area contributed by atoms with Crippen molar-refractivity contribution in [3.63, 3.8) is 0 Å². The van der Waals surface area contributed by atoms with Crippen LogP contribution in [0.15, 0.2) is 24.3 Å². The van der Waals surface area contributed by atoms with Gasteiger partial charge in [0.1, 0.15) is 5.82 Å². The van der Waals surface area contributed by atoms with Crippen LogP contribution in [-0.2, 0) is 6.42 Å². The van der Waals surface area contributed by atoms with Gasteiger partial charge in [0.25, 0.3) is 0 Å². The summed E-state index contributed by atoms with van der Waals surface area (Å²) < 4.78 is 18.0. The Hall–Kier alpha value is -2.48. The fourth-order valence-electron chi connectivity index (χ4n) is 1.66. The van der Waals surface area contributed by atoms with E-state index in [2.05, 4.69) is 25.7 Å². The molecule has 2 aromatic rings. The maximum atomic E-state index is 12.8. The SMILES string of the molecule is CCOc1nc(NN)nc(NCCc2ccc(F)cc2)n1. The maximum absolute atomic E-state index is 12.8. The summed E-state index contributed by atoms with van der Waals surface area (Å²) >= 11 is 0. The van der Waals surface area contributed by atoms with E-state index in [0.717, 1.165) is 5.56 Å². The van der Waals surface area contributed by atoms with Gasteiger partial charge in [-0.2, -0.15) is 15.0 Å². The van der Waals surface area contributed by atoms with E-state index in [1.165, 1.54) is 12.1 Å². The maximum Gasteiger partial charge on any atom is 0.323 e. The minimum atomic E-state index is -0.246. The van der Waals surface area contributed by atoms with Gasteiger partial charge in [-0.1, -0.05) is 12.1 Å². The van der Waals surface area contributed by atoms with Crippen LogP contribution in [-0.4, -0.2) is 28.1 Å². The van der Waals surface area contributed by atoms with Gasteiger partial charge in [-0.05, 0) is 31.0 Å². The molecule has 1 heterocycles. The number of nitrogens with one attached hydrogen (secondary N) is 2. The molecule has 2 rings (SSSR count). The van der Waals surface area contributed by atoms with Crippen LogP contribution in [0.4, 0.5) is 16.3 Å². The molecule has 0 saturated carbocycles. The van der Waals surface area contributed by atoms with Gasteiger partial charge >= 0.3 is 6.01 Å². The Balaban J connectivity index is 1.95. The quantitative estimate of drug-likeness (QED) is 0.523. The molecule has 0 bridgehead atoms. The highest BCUT2D eigenvalue weighted by atomic mass is 19.1. The van der Waals surface area contributed by atoms with E-state index in [9.17, 15) is 4.39 Å². The minimum Gasteiger partial charge on any atom is -0.464 e. The molecule has 0 unspecified atom stereocenters. The third-order valence-corrected chi connectivity index (χ3v) is 2.63. The molecule has 7 nitrogen and oxygen atoms in total. The molecule has 0 aliphatic heterocycles. The average molecular weight is 292 g/mol. The summed E-state index contributed by atoms with van der Waals surface area (Å²) in [6, 6.07) is 6.54. The van der Waals surface area contributed by atoms with Gasteiger partial charge in [0.05, 0.1) is 6.61 Å². The molecule has 21 heavy (non-hydrogen) atoms. The van der Waals surface area contributed by atoms with Crippen molar-refractivity contribution in [2.45, 2.75) is 13.3 Å². The molecule has 0 aliphatic rings. The van der Waals surface area contributed by atoms with E-state index in [4.69, 9.17) is 10.6 Å². The first kappa shape index (κ1) is 14.9. The molecule has 0 atom stereocenters. The first-order valence-corrected chi connectivity index (χ1v) is 6.55. The van der Waals surface area contributed by atoms with Gasteiger partial charge in [0, 0.05) is 6.54 Å². The van der Waals surface area contributed by atoms with Gasteiger partial charge in [-0.15, -0.1) is 0 Å². The highest BCUT2D eigenvalue weighted by Gasteiger charge is 2.06. The lowest BCUT2D eigenvalue weighted by Crippen LogP contribution is -2.15. The molecule has 0 aliphatic carbocycles. The largest absolute Gasteiger partial charge is 0.464 e. The fraction of sp³-hybridized carbons (Fsp3) is 0.308. The highest BCUT2D eigenvalue weighted by molar-refractivity contribution is 5.35. The van der Waals surface area contributed by atoms with Crippen LogP contribution in [0.5, 0.6) is 6.01 Å². The molecule has 0 amide bonds. The standard InChI is InChI=1S/C13H17FN6O/c1-2-21-13-18-11(17-12(19-13)20-15)16-8-7-9-3-5-10(14)6-4-9/h3-6H,2,7-8,15H2,1H3,(H2,16,17,18,19,20). The third-order valence-electron chi connectivity index (χ3n) is 2.63. The van der Waals surface area contributed by atoms with Crippen LogP contribution < -0.4 is 21.3 Å². The van der Waals surface area contributed by atoms with Crippen molar-refractivity contribution in [2.75, 3.05) is 23.9 Å². The number of nitrogens with zero attached hydrogens (tertiary/aromatic N) is 3. The van der Waals surface area contributed by atoms with Gasteiger partial charge in [-0.3, -0.25) is 5.43 Å². The summed E-state index contributed by atoms with van der Waals surface area (Å²) in [5.74, 6) is 5.63. The Kier molecular flexibility index (Phi) is 5.22. The Labute approximate surface area is 121 Å². The Bertz CT molecular complexity index is 577. The van der Waals surface area contributed by atoms with E-state index in [1.807, 2.05) is 6.92 Å². The number of rotatable bonds is 7.